The van der Waals surface area contributed by atoms with E-state index in [0.717, 1.165) is 11.1 Å². The first-order valence-corrected chi connectivity index (χ1v) is 8.11. The number of carbonyl (C=O) groups excluding carboxylic acids is 1. The van der Waals surface area contributed by atoms with Crippen molar-refractivity contribution in [2.45, 2.75) is 12.8 Å². The number of pyridine rings is 2. The molecule has 6 heteroatoms. The van der Waals surface area contributed by atoms with Crippen molar-refractivity contribution in [3.8, 4) is 0 Å². The van der Waals surface area contributed by atoms with Crippen LogP contribution in [0.5, 0.6) is 0 Å². The molecule has 0 aliphatic heterocycles. The largest absolute Gasteiger partial charge is 0.465 e. The average molecular weight is 350 g/mol. The van der Waals surface area contributed by atoms with Gasteiger partial charge in [-0.2, -0.15) is 0 Å². The van der Waals surface area contributed by atoms with Crippen LogP contribution in [0, 0.1) is 0 Å². The van der Waals surface area contributed by atoms with Gasteiger partial charge in [0, 0.05) is 36.4 Å². The molecule has 132 valence electrons. The van der Waals surface area contributed by atoms with Crippen LogP contribution in [0.2, 0.25) is 0 Å². The summed E-state index contributed by atoms with van der Waals surface area (Å²) in [5, 5.41) is 0. The maximum Gasteiger partial charge on any atom is 0.339 e. The van der Waals surface area contributed by atoms with Gasteiger partial charge >= 0.3 is 5.97 Å². The zero-order valence-electron chi connectivity index (χ0n) is 14.2. The molecule has 0 aliphatic rings. The highest BCUT2D eigenvalue weighted by atomic mass is 16.5. The van der Waals surface area contributed by atoms with Crippen LogP contribution in [0.25, 0.3) is 0 Å². The summed E-state index contributed by atoms with van der Waals surface area (Å²) in [6.45, 7) is 0. The summed E-state index contributed by atoms with van der Waals surface area (Å²) in [5.74, 6) is -0.495. The zero-order chi connectivity index (χ0) is 18.5. The van der Waals surface area contributed by atoms with Crippen molar-refractivity contribution in [2.24, 2.45) is 0 Å². The third kappa shape index (κ3) is 3.97. The molecular weight excluding hydrogens is 332 g/mol. The molecule has 0 spiro atoms. The summed E-state index contributed by atoms with van der Waals surface area (Å²) < 4.78 is 4.67. The summed E-state index contributed by atoms with van der Waals surface area (Å²) >= 11 is 0. The average Bonchev–Trinajstić information content (AvgIpc) is 2.66. The van der Waals surface area contributed by atoms with Gasteiger partial charge in [0.05, 0.1) is 12.7 Å². The lowest BCUT2D eigenvalue weighted by Gasteiger charge is -2.06. The van der Waals surface area contributed by atoms with Crippen molar-refractivity contribution in [1.29, 1.82) is 0 Å². The van der Waals surface area contributed by atoms with Crippen molar-refractivity contribution in [3.05, 3.63) is 103 Å². The minimum atomic E-state index is -0.495. The Morgan fingerprint density at radius 2 is 1.54 bits per heavy atom. The standard InChI is InChI=1S/C20H18N2O4/c1-26-20(25)17-11-16(19(24)22-12-17)10-14-6-4-13(5-7-14)9-15-3-2-8-21-18(15)23/h2-8,11-12H,9-10H2,1H3,(H,21,23)(H,22,24). The highest BCUT2D eigenvalue weighted by Gasteiger charge is 2.10. The molecule has 6 nitrogen and oxygen atoms in total. The van der Waals surface area contributed by atoms with Gasteiger partial charge in [0.15, 0.2) is 0 Å². The molecule has 0 fully saturated rings. The van der Waals surface area contributed by atoms with Gasteiger partial charge in [-0.25, -0.2) is 4.79 Å². The molecule has 26 heavy (non-hydrogen) atoms. The van der Waals surface area contributed by atoms with Crippen LogP contribution >= 0.6 is 0 Å². The maximum atomic E-state index is 12.0. The van der Waals surface area contributed by atoms with Crippen LogP contribution in [0.1, 0.15) is 32.6 Å². The Labute approximate surface area is 149 Å². The Balaban J connectivity index is 1.78. The fourth-order valence-electron chi connectivity index (χ4n) is 2.71. The van der Waals surface area contributed by atoms with Crippen LogP contribution in [-0.2, 0) is 17.6 Å². The predicted octanol–water partition coefficient (Wildman–Crippen LogP) is 2.03. The number of benzene rings is 1. The SMILES string of the molecule is COC(=O)c1c[nH]c(=O)c(Cc2ccc(Cc3ccc[nH]c3=O)cc2)c1. The number of rotatable bonds is 5. The number of nitrogens with one attached hydrogen (secondary N) is 2. The van der Waals surface area contributed by atoms with Crippen molar-refractivity contribution in [3.63, 3.8) is 0 Å². The second-order valence-corrected chi connectivity index (χ2v) is 5.93. The highest BCUT2D eigenvalue weighted by molar-refractivity contribution is 5.89. The Morgan fingerprint density at radius 3 is 2.15 bits per heavy atom. The lowest BCUT2D eigenvalue weighted by Crippen LogP contribution is -2.15. The highest BCUT2D eigenvalue weighted by Crippen LogP contribution is 2.12. The molecule has 0 saturated carbocycles. The minimum absolute atomic E-state index is 0.0947. The van der Waals surface area contributed by atoms with E-state index >= 15 is 0 Å². The number of aromatic amines is 2. The lowest BCUT2D eigenvalue weighted by molar-refractivity contribution is 0.0600. The smallest absolute Gasteiger partial charge is 0.339 e. The molecule has 0 aliphatic carbocycles. The zero-order valence-corrected chi connectivity index (χ0v) is 14.2. The van der Waals surface area contributed by atoms with E-state index < -0.39 is 5.97 Å². The summed E-state index contributed by atoms with van der Waals surface area (Å²) in [4.78, 5) is 40.6. The van der Waals surface area contributed by atoms with Gasteiger partial charge in [-0.15, -0.1) is 0 Å². The number of methoxy groups -OCH3 is 1. The molecule has 0 amide bonds. The molecule has 0 atom stereocenters. The van der Waals surface area contributed by atoms with E-state index in [1.807, 2.05) is 24.3 Å². The molecule has 1 aromatic carbocycles. The van der Waals surface area contributed by atoms with E-state index in [2.05, 4.69) is 14.7 Å². The van der Waals surface area contributed by atoms with Gasteiger partial charge in [0.1, 0.15) is 0 Å². The molecule has 2 aromatic heterocycles. The fraction of sp³-hybridized carbons (Fsp3) is 0.150. The second kappa shape index (κ2) is 7.65. The minimum Gasteiger partial charge on any atom is -0.465 e. The first-order chi connectivity index (χ1) is 12.6. The van der Waals surface area contributed by atoms with E-state index in [9.17, 15) is 14.4 Å². The Morgan fingerprint density at radius 1 is 0.923 bits per heavy atom. The normalized spacial score (nSPS) is 10.5. The maximum absolute atomic E-state index is 12.0. The molecule has 2 N–H and O–H groups in total. The molecule has 3 aromatic rings. The summed E-state index contributed by atoms with van der Waals surface area (Å²) in [5.41, 5.74) is 3.09. The van der Waals surface area contributed by atoms with Gasteiger partial charge < -0.3 is 14.7 Å². The number of hydrogen-bond acceptors (Lipinski definition) is 4. The molecule has 0 bridgehead atoms. The van der Waals surface area contributed by atoms with Gasteiger partial charge in [-0.05, 0) is 23.3 Å². The quantitative estimate of drug-likeness (QED) is 0.689. The summed E-state index contributed by atoms with van der Waals surface area (Å²) in [6.07, 6.45) is 3.88. The van der Waals surface area contributed by atoms with Crippen LogP contribution < -0.4 is 11.1 Å². The van der Waals surface area contributed by atoms with E-state index in [0.29, 0.717) is 29.5 Å². The number of aromatic nitrogens is 2. The predicted molar refractivity (Wildman–Crippen MR) is 97.5 cm³/mol. The topological polar surface area (TPSA) is 92.0 Å². The monoisotopic (exact) mass is 350 g/mol. The number of esters is 1. The van der Waals surface area contributed by atoms with E-state index in [1.54, 1.807) is 24.4 Å². The number of carbonyl (C=O) groups is 1. The van der Waals surface area contributed by atoms with Crippen molar-refractivity contribution >= 4 is 5.97 Å². The third-order valence-electron chi connectivity index (χ3n) is 4.11. The molecule has 0 saturated heterocycles. The van der Waals surface area contributed by atoms with Crippen LogP contribution in [0.3, 0.4) is 0 Å². The number of H-pyrrole nitrogens is 2. The van der Waals surface area contributed by atoms with Crippen molar-refractivity contribution in [1.82, 2.24) is 9.97 Å². The first kappa shape index (κ1) is 17.4. The Hall–Kier alpha value is -3.41. The lowest BCUT2D eigenvalue weighted by atomic mass is 10.0. The van der Waals surface area contributed by atoms with Crippen molar-refractivity contribution < 1.29 is 9.53 Å². The van der Waals surface area contributed by atoms with E-state index in [-0.39, 0.29) is 11.1 Å². The second-order valence-electron chi connectivity index (χ2n) is 5.93. The van der Waals surface area contributed by atoms with Crippen LogP contribution in [0.4, 0.5) is 0 Å². The molecule has 0 unspecified atom stereocenters. The van der Waals surface area contributed by atoms with Gasteiger partial charge in [0.25, 0.3) is 11.1 Å². The van der Waals surface area contributed by atoms with Crippen LogP contribution in [0.15, 0.2) is 64.4 Å². The number of hydrogen-bond donors (Lipinski definition) is 2. The number of ether oxygens (including phenoxy) is 1. The van der Waals surface area contributed by atoms with E-state index in [1.165, 1.54) is 13.3 Å². The van der Waals surface area contributed by atoms with Crippen LogP contribution in [-0.4, -0.2) is 23.0 Å². The third-order valence-corrected chi connectivity index (χ3v) is 4.11. The molecule has 0 radical (unpaired) electrons. The molecule has 2 heterocycles. The Bertz CT molecular complexity index is 1030. The summed E-state index contributed by atoms with van der Waals surface area (Å²) in [6, 6.07) is 12.8. The van der Waals surface area contributed by atoms with E-state index in [4.69, 9.17) is 0 Å². The van der Waals surface area contributed by atoms with Gasteiger partial charge in [-0.3, -0.25) is 9.59 Å². The van der Waals surface area contributed by atoms with Gasteiger partial charge in [0.2, 0.25) is 0 Å². The molecular formula is C20H18N2O4. The first-order valence-electron chi connectivity index (χ1n) is 8.11. The Kier molecular flexibility index (Phi) is 5.12. The fourth-order valence-corrected chi connectivity index (χ4v) is 2.71. The molecule has 3 rings (SSSR count). The van der Waals surface area contributed by atoms with Gasteiger partial charge in [-0.1, -0.05) is 30.3 Å². The summed E-state index contributed by atoms with van der Waals surface area (Å²) in [7, 11) is 1.30. The van der Waals surface area contributed by atoms with Crippen molar-refractivity contribution in [2.75, 3.05) is 7.11 Å².